The van der Waals surface area contributed by atoms with Crippen LogP contribution < -0.4 is 10.6 Å². The molecule has 1 aliphatic carbocycles. The molecule has 0 unspecified atom stereocenters. The van der Waals surface area contributed by atoms with Crippen molar-refractivity contribution in [2.75, 3.05) is 38.0 Å². The summed E-state index contributed by atoms with van der Waals surface area (Å²) in [5, 5.41) is 6.73. The molecule has 2 fully saturated rings. The lowest BCUT2D eigenvalue weighted by Crippen LogP contribution is -2.52. The predicted molar refractivity (Wildman–Crippen MR) is 96.8 cm³/mol. The molecule has 1 heterocycles. The molecule has 1 aromatic rings. The fourth-order valence-corrected chi connectivity index (χ4v) is 3.07. The number of piperazine rings is 1. The summed E-state index contributed by atoms with van der Waals surface area (Å²) in [7, 11) is 0. The highest BCUT2D eigenvalue weighted by atomic mass is 35.5. The van der Waals surface area contributed by atoms with E-state index in [0.29, 0.717) is 23.4 Å². The van der Waals surface area contributed by atoms with Crippen LogP contribution in [0.1, 0.15) is 12.8 Å². The highest BCUT2D eigenvalue weighted by molar-refractivity contribution is 7.80. The van der Waals surface area contributed by atoms with Crippen molar-refractivity contribution in [1.82, 2.24) is 15.1 Å². The standard InChI is InChI=1S/C16H20ClFN4OS/c17-13-9-12(3-4-14(13)18)20-16(24)22-7-5-21(6-8-22)10-15(23)19-11-1-2-11/h3-4,9,11H,1-2,5-8,10H2,(H,19,23)(H,20,24). The van der Waals surface area contributed by atoms with Gasteiger partial charge in [0.15, 0.2) is 5.11 Å². The summed E-state index contributed by atoms with van der Waals surface area (Å²) in [6.45, 7) is 3.50. The van der Waals surface area contributed by atoms with Gasteiger partial charge in [-0.25, -0.2) is 4.39 Å². The second-order valence-electron chi connectivity index (χ2n) is 6.16. The van der Waals surface area contributed by atoms with Gasteiger partial charge in [0.2, 0.25) is 5.91 Å². The maximum atomic E-state index is 13.2. The first-order valence-corrected chi connectivity index (χ1v) is 8.82. The van der Waals surface area contributed by atoms with Crippen LogP contribution in [0.25, 0.3) is 0 Å². The fraction of sp³-hybridized carbons (Fsp3) is 0.500. The van der Waals surface area contributed by atoms with Crippen molar-refractivity contribution in [2.45, 2.75) is 18.9 Å². The summed E-state index contributed by atoms with van der Waals surface area (Å²) in [5.41, 5.74) is 0.664. The molecule has 3 rings (SSSR count). The highest BCUT2D eigenvalue weighted by Crippen LogP contribution is 2.20. The quantitative estimate of drug-likeness (QED) is 0.795. The van der Waals surface area contributed by atoms with Crippen molar-refractivity contribution in [3.8, 4) is 0 Å². The molecule has 0 aromatic heterocycles. The van der Waals surface area contributed by atoms with Crippen molar-refractivity contribution < 1.29 is 9.18 Å². The number of benzene rings is 1. The van der Waals surface area contributed by atoms with E-state index < -0.39 is 5.82 Å². The van der Waals surface area contributed by atoms with Gasteiger partial charge < -0.3 is 15.5 Å². The summed E-state index contributed by atoms with van der Waals surface area (Å²) < 4.78 is 13.2. The number of anilines is 1. The molecule has 1 aliphatic heterocycles. The van der Waals surface area contributed by atoms with Crippen LogP contribution in [-0.4, -0.2) is 59.6 Å². The van der Waals surface area contributed by atoms with Gasteiger partial charge in [-0.05, 0) is 43.3 Å². The zero-order valence-corrected chi connectivity index (χ0v) is 14.8. The average Bonchev–Trinajstić information content (AvgIpc) is 3.35. The number of hydrogen-bond acceptors (Lipinski definition) is 3. The minimum Gasteiger partial charge on any atom is -0.352 e. The fourth-order valence-electron chi connectivity index (χ4n) is 2.59. The van der Waals surface area contributed by atoms with Gasteiger partial charge in [0, 0.05) is 37.9 Å². The lowest BCUT2D eigenvalue weighted by atomic mass is 10.3. The average molecular weight is 371 g/mol. The number of amides is 1. The van der Waals surface area contributed by atoms with E-state index in [4.69, 9.17) is 23.8 Å². The lowest BCUT2D eigenvalue weighted by Gasteiger charge is -2.35. The Bertz CT molecular complexity index is 633. The molecule has 0 bridgehead atoms. The number of halogens is 2. The molecule has 0 atom stereocenters. The molecule has 8 heteroatoms. The van der Waals surface area contributed by atoms with Gasteiger partial charge in [-0.1, -0.05) is 11.6 Å². The molecule has 1 saturated heterocycles. The predicted octanol–water partition coefficient (Wildman–Crippen LogP) is 2.07. The molecule has 1 saturated carbocycles. The number of carbonyl (C=O) groups is 1. The van der Waals surface area contributed by atoms with Crippen LogP contribution in [0.4, 0.5) is 10.1 Å². The van der Waals surface area contributed by atoms with E-state index >= 15 is 0 Å². The second-order valence-corrected chi connectivity index (χ2v) is 6.96. The summed E-state index contributed by atoms with van der Waals surface area (Å²) in [6.07, 6.45) is 2.21. The number of carbonyl (C=O) groups excluding carboxylic acids is 1. The monoisotopic (exact) mass is 370 g/mol. The van der Waals surface area contributed by atoms with E-state index in [0.717, 1.165) is 39.0 Å². The Hall–Kier alpha value is -1.44. The largest absolute Gasteiger partial charge is 0.352 e. The number of nitrogens with zero attached hydrogens (tertiary/aromatic N) is 2. The van der Waals surface area contributed by atoms with E-state index in [-0.39, 0.29) is 10.9 Å². The van der Waals surface area contributed by atoms with Crippen LogP contribution in [0.15, 0.2) is 18.2 Å². The van der Waals surface area contributed by atoms with Crippen molar-refractivity contribution >= 4 is 40.5 Å². The molecule has 1 aromatic carbocycles. The Morgan fingerprint density at radius 1 is 1.29 bits per heavy atom. The molecule has 1 amide bonds. The maximum Gasteiger partial charge on any atom is 0.234 e. The molecule has 5 nitrogen and oxygen atoms in total. The topological polar surface area (TPSA) is 47.6 Å². The van der Waals surface area contributed by atoms with Crippen molar-refractivity contribution in [1.29, 1.82) is 0 Å². The summed E-state index contributed by atoms with van der Waals surface area (Å²) >= 11 is 11.2. The molecule has 2 aliphatic rings. The highest BCUT2D eigenvalue weighted by Gasteiger charge is 2.25. The van der Waals surface area contributed by atoms with Crippen LogP contribution in [0.5, 0.6) is 0 Å². The van der Waals surface area contributed by atoms with Crippen LogP contribution in [-0.2, 0) is 4.79 Å². The smallest absolute Gasteiger partial charge is 0.234 e. The van der Waals surface area contributed by atoms with Gasteiger partial charge in [0.05, 0.1) is 11.6 Å². The summed E-state index contributed by atoms with van der Waals surface area (Å²) in [5.74, 6) is -0.348. The van der Waals surface area contributed by atoms with Crippen molar-refractivity contribution in [3.63, 3.8) is 0 Å². The van der Waals surface area contributed by atoms with Crippen molar-refractivity contribution in [3.05, 3.63) is 29.0 Å². The maximum absolute atomic E-state index is 13.2. The van der Waals surface area contributed by atoms with Gasteiger partial charge in [0.25, 0.3) is 0 Å². The lowest BCUT2D eigenvalue weighted by molar-refractivity contribution is -0.122. The SMILES string of the molecule is O=C(CN1CCN(C(=S)Nc2ccc(F)c(Cl)c2)CC1)NC1CC1. The molecule has 130 valence electrons. The Labute approximate surface area is 151 Å². The Kier molecular flexibility index (Phi) is 5.53. The molecular weight excluding hydrogens is 351 g/mol. The van der Waals surface area contributed by atoms with E-state index in [1.54, 1.807) is 6.07 Å². The van der Waals surface area contributed by atoms with E-state index in [1.165, 1.54) is 12.1 Å². The van der Waals surface area contributed by atoms with Crippen LogP contribution in [0.2, 0.25) is 5.02 Å². The Morgan fingerprint density at radius 3 is 2.62 bits per heavy atom. The molecule has 2 N–H and O–H groups in total. The van der Waals surface area contributed by atoms with Gasteiger partial charge in [0.1, 0.15) is 5.82 Å². The zero-order chi connectivity index (χ0) is 17.1. The normalized spacial score (nSPS) is 18.3. The first-order valence-electron chi connectivity index (χ1n) is 8.04. The van der Waals surface area contributed by atoms with Gasteiger partial charge in [-0.2, -0.15) is 0 Å². The van der Waals surface area contributed by atoms with Gasteiger partial charge in [-0.15, -0.1) is 0 Å². The molecule has 0 spiro atoms. The third-order valence-electron chi connectivity index (χ3n) is 4.14. The minimum absolute atomic E-state index is 0.0642. The van der Waals surface area contributed by atoms with Gasteiger partial charge in [-0.3, -0.25) is 9.69 Å². The first kappa shape index (κ1) is 17.4. The third kappa shape index (κ3) is 4.78. The van der Waals surface area contributed by atoms with E-state index in [2.05, 4.69) is 15.5 Å². The van der Waals surface area contributed by atoms with E-state index in [9.17, 15) is 9.18 Å². The first-order chi connectivity index (χ1) is 11.5. The van der Waals surface area contributed by atoms with Crippen LogP contribution in [0.3, 0.4) is 0 Å². The zero-order valence-electron chi connectivity index (χ0n) is 13.2. The number of thiocarbonyl (C=S) groups is 1. The van der Waals surface area contributed by atoms with Gasteiger partial charge >= 0.3 is 0 Å². The van der Waals surface area contributed by atoms with Crippen molar-refractivity contribution in [2.24, 2.45) is 0 Å². The van der Waals surface area contributed by atoms with E-state index in [1.807, 2.05) is 4.90 Å². The number of rotatable bonds is 4. The Balaban J connectivity index is 1.44. The van der Waals surface area contributed by atoms with Crippen LogP contribution >= 0.6 is 23.8 Å². The minimum atomic E-state index is -0.453. The second kappa shape index (κ2) is 7.63. The number of hydrogen-bond donors (Lipinski definition) is 2. The Morgan fingerprint density at radius 2 is 2.00 bits per heavy atom. The molecular formula is C16H20ClFN4OS. The summed E-state index contributed by atoms with van der Waals surface area (Å²) in [6, 6.07) is 4.83. The molecule has 24 heavy (non-hydrogen) atoms. The summed E-state index contributed by atoms with van der Waals surface area (Å²) in [4.78, 5) is 16.0. The van der Waals surface area contributed by atoms with Crippen LogP contribution in [0, 0.1) is 5.82 Å². The molecule has 0 radical (unpaired) electrons. The number of nitrogens with one attached hydrogen (secondary N) is 2. The third-order valence-corrected chi connectivity index (χ3v) is 4.79.